The van der Waals surface area contributed by atoms with Crippen LogP contribution in [0.25, 0.3) is 0 Å². The number of carbonyl (C=O) groups excluding carboxylic acids is 1. The monoisotopic (exact) mass is 466 g/mol. The molecule has 0 spiro atoms. The summed E-state index contributed by atoms with van der Waals surface area (Å²) in [6.07, 6.45) is 2.58. The predicted molar refractivity (Wildman–Crippen MR) is 131 cm³/mol. The van der Waals surface area contributed by atoms with Crippen molar-refractivity contribution in [2.45, 2.75) is 83.8 Å². The maximum atomic E-state index is 13.2. The second-order valence-electron chi connectivity index (χ2n) is 10.8. The quantitative estimate of drug-likeness (QED) is 0.674. The van der Waals surface area contributed by atoms with Gasteiger partial charge < -0.3 is 19.7 Å². The maximum absolute atomic E-state index is 13.2. The number of anilines is 1. The summed E-state index contributed by atoms with van der Waals surface area (Å²) in [6, 6.07) is 7.91. The third-order valence-corrected chi connectivity index (χ3v) is 8.00. The molecular formula is C25H35BN4O4. The highest BCUT2D eigenvalue weighted by Crippen LogP contribution is 2.37. The molecule has 182 valence electrons. The summed E-state index contributed by atoms with van der Waals surface area (Å²) in [5.41, 5.74) is 3.18. The van der Waals surface area contributed by atoms with E-state index in [9.17, 15) is 9.90 Å². The number of aromatic nitrogens is 2. The highest BCUT2D eigenvalue weighted by molar-refractivity contribution is 6.62. The van der Waals surface area contributed by atoms with Crippen LogP contribution in [0.15, 0.2) is 24.3 Å². The van der Waals surface area contributed by atoms with Gasteiger partial charge in [-0.3, -0.25) is 14.4 Å². The Bertz CT molecular complexity index is 1080. The fourth-order valence-electron chi connectivity index (χ4n) is 5.19. The SMILES string of the molecule is Cc1c(NC(=O)c2cc3n(n2)CCC[C@H]3N2CC[C@@H](O)C2)cccc1B1OC(C)(C)C(C)(C)O1. The average Bonchev–Trinajstić information content (AvgIpc) is 3.45. The van der Waals surface area contributed by atoms with E-state index in [0.29, 0.717) is 12.2 Å². The number of β-amino-alcohol motifs (C(OH)–C–C–N with tert-alkyl or cyclic N) is 1. The van der Waals surface area contributed by atoms with Crippen molar-refractivity contribution < 1.29 is 19.2 Å². The summed E-state index contributed by atoms with van der Waals surface area (Å²) in [5, 5.41) is 17.6. The van der Waals surface area contributed by atoms with Gasteiger partial charge in [0, 0.05) is 25.3 Å². The molecule has 0 saturated carbocycles. The van der Waals surface area contributed by atoms with E-state index >= 15 is 0 Å². The average molecular weight is 466 g/mol. The Labute approximate surface area is 201 Å². The van der Waals surface area contributed by atoms with Crippen molar-refractivity contribution in [3.05, 3.63) is 41.2 Å². The number of amides is 1. The highest BCUT2D eigenvalue weighted by atomic mass is 16.7. The van der Waals surface area contributed by atoms with E-state index in [1.54, 1.807) is 0 Å². The number of carbonyl (C=O) groups is 1. The van der Waals surface area contributed by atoms with Crippen molar-refractivity contribution in [3.8, 4) is 0 Å². The van der Waals surface area contributed by atoms with E-state index in [1.807, 2.05) is 63.6 Å². The van der Waals surface area contributed by atoms with Gasteiger partial charge in [0.15, 0.2) is 5.69 Å². The topological polar surface area (TPSA) is 88.9 Å². The predicted octanol–water partition coefficient (Wildman–Crippen LogP) is 2.64. The van der Waals surface area contributed by atoms with Gasteiger partial charge in [-0.25, -0.2) is 0 Å². The van der Waals surface area contributed by atoms with Gasteiger partial charge in [-0.05, 0) is 77.0 Å². The molecule has 0 aliphatic carbocycles. The number of fused-ring (bicyclic) bond motifs is 1. The molecule has 3 aliphatic heterocycles. The summed E-state index contributed by atoms with van der Waals surface area (Å²) >= 11 is 0. The molecule has 34 heavy (non-hydrogen) atoms. The first kappa shape index (κ1) is 23.5. The minimum absolute atomic E-state index is 0.202. The Morgan fingerprint density at radius 2 is 1.91 bits per heavy atom. The van der Waals surface area contributed by atoms with Crippen LogP contribution in [0.1, 0.15) is 74.7 Å². The molecular weight excluding hydrogens is 431 g/mol. The molecule has 9 heteroatoms. The lowest BCUT2D eigenvalue weighted by atomic mass is 9.76. The molecule has 8 nitrogen and oxygen atoms in total. The Balaban J connectivity index is 1.35. The van der Waals surface area contributed by atoms with Gasteiger partial charge in [0.1, 0.15) is 0 Å². The van der Waals surface area contributed by atoms with E-state index in [1.165, 1.54) is 0 Å². The van der Waals surface area contributed by atoms with Crippen LogP contribution in [0.2, 0.25) is 0 Å². The summed E-state index contributed by atoms with van der Waals surface area (Å²) in [5.74, 6) is -0.226. The molecule has 2 fully saturated rings. The van der Waals surface area contributed by atoms with E-state index < -0.39 is 18.3 Å². The molecule has 2 N–H and O–H groups in total. The third kappa shape index (κ3) is 4.09. The van der Waals surface area contributed by atoms with E-state index in [0.717, 1.165) is 54.8 Å². The first-order valence-electron chi connectivity index (χ1n) is 12.3. The van der Waals surface area contributed by atoms with Gasteiger partial charge in [-0.1, -0.05) is 12.1 Å². The zero-order valence-corrected chi connectivity index (χ0v) is 20.8. The normalized spacial score (nSPS) is 26.0. The van der Waals surface area contributed by atoms with E-state index in [4.69, 9.17) is 9.31 Å². The van der Waals surface area contributed by atoms with Gasteiger partial charge in [-0.2, -0.15) is 5.10 Å². The number of aliphatic hydroxyl groups excluding tert-OH is 1. The van der Waals surface area contributed by atoms with Crippen LogP contribution in [0.4, 0.5) is 5.69 Å². The molecule has 4 heterocycles. The molecule has 1 aromatic heterocycles. The smallest absolute Gasteiger partial charge is 0.399 e. The first-order valence-corrected chi connectivity index (χ1v) is 12.3. The Hall–Kier alpha value is -2.20. The lowest BCUT2D eigenvalue weighted by Crippen LogP contribution is -2.41. The molecule has 5 rings (SSSR count). The van der Waals surface area contributed by atoms with E-state index in [-0.39, 0.29) is 18.1 Å². The van der Waals surface area contributed by atoms with Crippen LogP contribution in [0, 0.1) is 6.92 Å². The number of hydrogen-bond acceptors (Lipinski definition) is 6. The Morgan fingerprint density at radius 3 is 2.59 bits per heavy atom. The number of aliphatic hydroxyl groups is 1. The zero-order chi connectivity index (χ0) is 24.3. The Kier molecular flexibility index (Phi) is 5.87. The number of rotatable bonds is 4. The molecule has 1 amide bonds. The molecule has 2 saturated heterocycles. The first-order chi connectivity index (χ1) is 16.1. The second kappa shape index (κ2) is 8.48. The maximum Gasteiger partial charge on any atom is 0.495 e. The number of likely N-dealkylation sites (tertiary alicyclic amines) is 1. The van der Waals surface area contributed by atoms with Crippen LogP contribution in [-0.2, 0) is 15.9 Å². The van der Waals surface area contributed by atoms with Crippen LogP contribution < -0.4 is 10.8 Å². The molecule has 0 radical (unpaired) electrons. The van der Waals surface area contributed by atoms with Crippen molar-refractivity contribution in [3.63, 3.8) is 0 Å². The van der Waals surface area contributed by atoms with Gasteiger partial charge in [0.2, 0.25) is 0 Å². The summed E-state index contributed by atoms with van der Waals surface area (Å²) in [4.78, 5) is 15.5. The molecule has 2 atom stereocenters. The molecule has 3 aliphatic rings. The van der Waals surface area contributed by atoms with E-state index in [2.05, 4.69) is 15.3 Å². The second-order valence-corrected chi connectivity index (χ2v) is 10.8. The van der Waals surface area contributed by atoms with Crippen LogP contribution >= 0.6 is 0 Å². The number of hydrogen-bond donors (Lipinski definition) is 2. The highest BCUT2D eigenvalue weighted by Gasteiger charge is 2.52. The fourth-order valence-corrected chi connectivity index (χ4v) is 5.19. The number of aryl methyl sites for hydroxylation is 1. The Morgan fingerprint density at radius 1 is 1.18 bits per heavy atom. The van der Waals surface area contributed by atoms with Crippen molar-refractivity contribution >= 4 is 24.2 Å². The molecule has 0 unspecified atom stereocenters. The summed E-state index contributed by atoms with van der Waals surface area (Å²) in [6.45, 7) is 12.5. The van der Waals surface area contributed by atoms with Crippen molar-refractivity contribution in [1.29, 1.82) is 0 Å². The van der Waals surface area contributed by atoms with Crippen molar-refractivity contribution in [2.24, 2.45) is 0 Å². The lowest BCUT2D eigenvalue weighted by Gasteiger charge is -2.32. The van der Waals surface area contributed by atoms with Gasteiger partial charge in [-0.15, -0.1) is 0 Å². The van der Waals surface area contributed by atoms with Crippen LogP contribution in [0.3, 0.4) is 0 Å². The summed E-state index contributed by atoms with van der Waals surface area (Å²) in [7, 11) is -0.488. The number of nitrogens with zero attached hydrogens (tertiary/aromatic N) is 3. The number of nitrogens with one attached hydrogen (secondary N) is 1. The zero-order valence-electron chi connectivity index (χ0n) is 20.8. The number of benzene rings is 1. The minimum Gasteiger partial charge on any atom is -0.399 e. The third-order valence-electron chi connectivity index (χ3n) is 8.00. The molecule has 0 bridgehead atoms. The van der Waals surface area contributed by atoms with Crippen LogP contribution in [0.5, 0.6) is 0 Å². The minimum atomic E-state index is -0.488. The lowest BCUT2D eigenvalue weighted by molar-refractivity contribution is 0.00578. The van der Waals surface area contributed by atoms with Gasteiger partial charge in [0.25, 0.3) is 5.91 Å². The van der Waals surface area contributed by atoms with Crippen molar-refractivity contribution in [1.82, 2.24) is 14.7 Å². The largest absolute Gasteiger partial charge is 0.495 e. The van der Waals surface area contributed by atoms with Crippen LogP contribution in [-0.4, -0.2) is 63.2 Å². The fraction of sp³-hybridized carbons (Fsp3) is 0.600. The standard InChI is InChI=1S/C25H35BN4O4/c1-16-18(26-33-24(2,3)25(4,5)34-26)8-6-9-19(16)27-23(32)20-14-22-21(10-7-12-30(22)28-20)29-13-11-17(31)15-29/h6,8-9,14,17,21,31H,7,10-13,15H2,1-5H3,(H,27,32)/t17-,21-/m1/s1. The van der Waals surface area contributed by atoms with Gasteiger partial charge >= 0.3 is 7.12 Å². The molecule has 2 aromatic rings. The van der Waals surface area contributed by atoms with Crippen molar-refractivity contribution in [2.75, 3.05) is 18.4 Å². The molecule has 1 aromatic carbocycles. The van der Waals surface area contributed by atoms with Gasteiger partial charge in [0.05, 0.1) is 29.0 Å². The summed E-state index contributed by atoms with van der Waals surface area (Å²) < 4.78 is 14.4.